The molecule has 2 amide bonds. The molecule has 2 rings (SSSR count). The van der Waals surface area contributed by atoms with Crippen LogP contribution in [0.15, 0.2) is 0 Å². The number of nitrogens with zero attached hydrogens (tertiary/aromatic N) is 1. The number of amides is 2. The summed E-state index contributed by atoms with van der Waals surface area (Å²) < 4.78 is 5.39. The SMILES string of the molecule is CC(C)(C)OC(=O)N1CCCC1C(=O)NC1CCCNC1. The number of likely N-dealkylation sites (tertiary alicyclic amines) is 1. The Bertz CT molecular complexity index is 386. The quantitative estimate of drug-likeness (QED) is 0.805. The summed E-state index contributed by atoms with van der Waals surface area (Å²) >= 11 is 0. The zero-order valence-corrected chi connectivity index (χ0v) is 13.3. The van der Waals surface area contributed by atoms with Gasteiger partial charge in [-0.05, 0) is 53.0 Å². The van der Waals surface area contributed by atoms with Crippen molar-refractivity contribution in [1.82, 2.24) is 15.5 Å². The summed E-state index contributed by atoms with van der Waals surface area (Å²) in [5.74, 6) is -0.0490. The van der Waals surface area contributed by atoms with E-state index in [9.17, 15) is 9.59 Å². The first-order valence-electron chi connectivity index (χ1n) is 7.87. The van der Waals surface area contributed by atoms with Gasteiger partial charge in [0.25, 0.3) is 0 Å². The Morgan fingerprint density at radius 3 is 2.62 bits per heavy atom. The minimum Gasteiger partial charge on any atom is -0.444 e. The second-order valence-corrected chi connectivity index (χ2v) is 6.88. The molecular weight excluding hydrogens is 270 g/mol. The second-order valence-electron chi connectivity index (χ2n) is 6.88. The third-order valence-corrected chi connectivity index (χ3v) is 3.83. The molecule has 0 aromatic rings. The highest BCUT2D eigenvalue weighted by Gasteiger charge is 2.37. The number of carbonyl (C=O) groups excluding carboxylic acids is 2. The summed E-state index contributed by atoms with van der Waals surface area (Å²) in [6.45, 7) is 7.93. The summed E-state index contributed by atoms with van der Waals surface area (Å²) in [4.78, 5) is 26.2. The van der Waals surface area contributed by atoms with Crippen LogP contribution < -0.4 is 10.6 Å². The molecule has 0 radical (unpaired) electrons. The highest BCUT2D eigenvalue weighted by molar-refractivity contribution is 5.86. The zero-order valence-electron chi connectivity index (χ0n) is 13.3. The molecule has 2 heterocycles. The molecule has 2 fully saturated rings. The Hall–Kier alpha value is -1.30. The van der Waals surface area contributed by atoms with Crippen molar-refractivity contribution in [1.29, 1.82) is 0 Å². The molecule has 6 nitrogen and oxygen atoms in total. The minimum absolute atomic E-state index is 0.0490. The van der Waals surface area contributed by atoms with E-state index in [2.05, 4.69) is 10.6 Å². The van der Waals surface area contributed by atoms with E-state index in [1.165, 1.54) is 0 Å². The van der Waals surface area contributed by atoms with Crippen molar-refractivity contribution in [2.75, 3.05) is 19.6 Å². The van der Waals surface area contributed by atoms with Crippen molar-refractivity contribution >= 4 is 12.0 Å². The fraction of sp³-hybridized carbons (Fsp3) is 0.867. The molecule has 6 heteroatoms. The topological polar surface area (TPSA) is 70.7 Å². The van der Waals surface area contributed by atoms with Crippen molar-refractivity contribution in [2.45, 2.75) is 64.1 Å². The van der Waals surface area contributed by atoms with Gasteiger partial charge < -0.3 is 15.4 Å². The van der Waals surface area contributed by atoms with Gasteiger partial charge in [0.2, 0.25) is 5.91 Å². The Kier molecular flexibility index (Phi) is 5.08. The van der Waals surface area contributed by atoms with Gasteiger partial charge in [0.05, 0.1) is 0 Å². The highest BCUT2D eigenvalue weighted by Crippen LogP contribution is 2.21. The van der Waals surface area contributed by atoms with Crippen LogP contribution in [0.25, 0.3) is 0 Å². The van der Waals surface area contributed by atoms with E-state index in [-0.39, 0.29) is 24.1 Å². The third kappa shape index (κ3) is 4.59. The van der Waals surface area contributed by atoms with Crippen LogP contribution in [0.3, 0.4) is 0 Å². The van der Waals surface area contributed by atoms with Gasteiger partial charge in [-0.15, -0.1) is 0 Å². The smallest absolute Gasteiger partial charge is 0.410 e. The predicted molar refractivity (Wildman–Crippen MR) is 80.0 cm³/mol. The fourth-order valence-corrected chi connectivity index (χ4v) is 2.85. The molecule has 2 atom stereocenters. The lowest BCUT2D eigenvalue weighted by Gasteiger charge is -2.30. The van der Waals surface area contributed by atoms with Crippen LogP contribution in [0.4, 0.5) is 4.79 Å². The van der Waals surface area contributed by atoms with Crippen molar-refractivity contribution in [3.05, 3.63) is 0 Å². The van der Waals surface area contributed by atoms with Crippen molar-refractivity contribution in [2.24, 2.45) is 0 Å². The van der Waals surface area contributed by atoms with Gasteiger partial charge >= 0.3 is 6.09 Å². The third-order valence-electron chi connectivity index (χ3n) is 3.83. The van der Waals surface area contributed by atoms with E-state index in [1.54, 1.807) is 4.90 Å². The molecule has 0 aromatic carbocycles. The number of hydrogen-bond acceptors (Lipinski definition) is 4. The summed E-state index contributed by atoms with van der Waals surface area (Å²) in [6, 6.07) is -0.214. The summed E-state index contributed by atoms with van der Waals surface area (Å²) in [5, 5.41) is 6.33. The number of rotatable bonds is 2. The van der Waals surface area contributed by atoms with Gasteiger partial charge in [-0.3, -0.25) is 9.69 Å². The zero-order chi connectivity index (χ0) is 15.5. The van der Waals surface area contributed by atoms with Gasteiger partial charge in [-0.2, -0.15) is 0 Å². The summed E-state index contributed by atoms with van der Waals surface area (Å²) in [6.07, 6.45) is 3.25. The first kappa shape index (κ1) is 16.1. The molecule has 2 aliphatic rings. The number of hydrogen-bond donors (Lipinski definition) is 2. The molecule has 0 aromatic heterocycles. The molecule has 0 bridgehead atoms. The lowest BCUT2D eigenvalue weighted by atomic mass is 10.1. The van der Waals surface area contributed by atoms with Gasteiger partial charge in [-0.1, -0.05) is 0 Å². The van der Waals surface area contributed by atoms with E-state index in [4.69, 9.17) is 4.74 Å². The number of ether oxygens (including phenoxy) is 1. The van der Waals surface area contributed by atoms with Crippen LogP contribution in [0.2, 0.25) is 0 Å². The summed E-state index contributed by atoms with van der Waals surface area (Å²) in [7, 11) is 0. The number of piperidine rings is 1. The molecule has 0 saturated carbocycles. The Balaban J connectivity index is 1.91. The van der Waals surface area contributed by atoms with E-state index < -0.39 is 5.60 Å². The largest absolute Gasteiger partial charge is 0.444 e. The Morgan fingerprint density at radius 1 is 1.24 bits per heavy atom. The Labute approximate surface area is 126 Å². The van der Waals surface area contributed by atoms with E-state index in [1.807, 2.05) is 20.8 Å². The number of nitrogens with one attached hydrogen (secondary N) is 2. The van der Waals surface area contributed by atoms with Gasteiger partial charge in [0.15, 0.2) is 0 Å². The van der Waals surface area contributed by atoms with Crippen LogP contribution in [0, 0.1) is 0 Å². The van der Waals surface area contributed by atoms with Crippen molar-refractivity contribution < 1.29 is 14.3 Å². The maximum atomic E-state index is 12.4. The fourth-order valence-electron chi connectivity index (χ4n) is 2.85. The van der Waals surface area contributed by atoms with E-state index in [0.717, 1.165) is 32.4 Å². The molecule has 120 valence electrons. The molecule has 21 heavy (non-hydrogen) atoms. The van der Waals surface area contributed by atoms with Crippen molar-refractivity contribution in [3.63, 3.8) is 0 Å². The first-order valence-corrected chi connectivity index (χ1v) is 7.87. The standard InChI is InChI=1S/C15H27N3O3/c1-15(2,3)21-14(20)18-9-5-7-12(18)13(19)17-11-6-4-8-16-10-11/h11-12,16H,4-10H2,1-3H3,(H,17,19). The van der Waals surface area contributed by atoms with Crippen LogP contribution >= 0.6 is 0 Å². The lowest BCUT2D eigenvalue weighted by Crippen LogP contribution is -2.53. The summed E-state index contributed by atoms with van der Waals surface area (Å²) in [5.41, 5.74) is -0.534. The van der Waals surface area contributed by atoms with Crippen LogP contribution in [0.5, 0.6) is 0 Å². The van der Waals surface area contributed by atoms with E-state index in [0.29, 0.717) is 13.0 Å². The van der Waals surface area contributed by atoms with Gasteiger partial charge in [0.1, 0.15) is 11.6 Å². The maximum absolute atomic E-state index is 12.4. The molecule has 0 spiro atoms. The second kappa shape index (κ2) is 6.64. The lowest BCUT2D eigenvalue weighted by molar-refractivity contribution is -0.126. The average Bonchev–Trinajstić information content (AvgIpc) is 2.87. The molecule has 2 aliphatic heterocycles. The van der Waals surface area contributed by atoms with Crippen LogP contribution in [0.1, 0.15) is 46.5 Å². The van der Waals surface area contributed by atoms with Gasteiger partial charge in [0, 0.05) is 19.1 Å². The first-order chi connectivity index (χ1) is 9.87. The van der Waals surface area contributed by atoms with E-state index >= 15 is 0 Å². The average molecular weight is 297 g/mol. The van der Waals surface area contributed by atoms with Crippen LogP contribution in [-0.4, -0.2) is 54.2 Å². The highest BCUT2D eigenvalue weighted by atomic mass is 16.6. The van der Waals surface area contributed by atoms with Crippen molar-refractivity contribution in [3.8, 4) is 0 Å². The minimum atomic E-state index is -0.534. The number of carbonyl (C=O) groups is 2. The molecule has 2 unspecified atom stereocenters. The predicted octanol–water partition coefficient (Wildman–Crippen LogP) is 1.25. The van der Waals surface area contributed by atoms with Gasteiger partial charge in [-0.25, -0.2) is 4.79 Å². The molecule has 2 saturated heterocycles. The Morgan fingerprint density at radius 2 is 2.00 bits per heavy atom. The molecule has 2 N–H and O–H groups in total. The molecule has 0 aliphatic carbocycles. The normalized spacial score (nSPS) is 26.5. The van der Waals surface area contributed by atoms with Crippen LogP contribution in [-0.2, 0) is 9.53 Å². The molecular formula is C15H27N3O3. The monoisotopic (exact) mass is 297 g/mol. The maximum Gasteiger partial charge on any atom is 0.410 e.